The van der Waals surface area contributed by atoms with Gasteiger partial charge in [-0.25, -0.2) is 0 Å². The van der Waals surface area contributed by atoms with Crippen molar-refractivity contribution in [3.8, 4) is 11.5 Å². The fraction of sp³-hybridized carbons (Fsp3) is 0.286. The average Bonchev–Trinajstić information content (AvgIpc) is 2.64. The Kier molecular flexibility index (Phi) is 6.05. The second-order valence-electron chi connectivity index (χ2n) is 5.94. The summed E-state index contributed by atoms with van der Waals surface area (Å²) >= 11 is 0. The van der Waals surface area contributed by atoms with Crippen molar-refractivity contribution in [3.05, 3.63) is 65.5 Å². The van der Waals surface area contributed by atoms with Gasteiger partial charge in [0.1, 0.15) is 5.76 Å². The van der Waals surface area contributed by atoms with Gasteiger partial charge in [-0.1, -0.05) is 18.2 Å². The van der Waals surface area contributed by atoms with Gasteiger partial charge >= 0.3 is 0 Å². The molecule has 26 heavy (non-hydrogen) atoms. The van der Waals surface area contributed by atoms with E-state index in [1.54, 1.807) is 37.5 Å². The highest BCUT2D eigenvalue weighted by molar-refractivity contribution is 6.06. The lowest BCUT2D eigenvalue weighted by Crippen LogP contribution is -2.37. The number of aromatic hydroxyl groups is 1. The summed E-state index contributed by atoms with van der Waals surface area (Å²) in [5.74, 6) is 0.741. The molecule has 0 aliphatic heterocycles. The predicted molar refractivity (Wildman–Crippen MR) is 101 cm³/mol. The summed E-state index contributed by atoms with van der Waals surface area (Å²) in [6.45, 7) is 5.60. The fourth-order valence-corrected chi connectivity index (χ4v) is 3.00. The number of carbonyl (C=O) groups is 1. The highest BCUT2D eigenvalue weighted by Crippen LogP contribution is 2.38. The third-order valence-electron chi connectivity index (χ3n) is 4.40. The maximum atomic E-state index is 12.3. The zero-order chi connectivity index (χ0) is 19.3. The van der Waals surface area contributed by atoms with Gasteiger partial charge in [-0.3, -0.25) is 4.79 Å². The molecule has 5 heteroatoms. The number of hydrogen-bond acceptors (Lipinski definition) is 5. The van der Waals surface area contributed by atoms with E-state index >= 15 is 0 Å². The van der Waals surface area contributed by atoms with Crippen LogP contribution in [0.15, 0.2) is 59.9 Å². The molecule has 0 unspecified atom stereocenters. The second-order valence-corrected chi connectivity index (χ2v) is 5.94. The van der Waals surface area contributed by atoms with Gasteiger partial charge in [-0.05, 0) is 42.7 Å². The van der Waals surface area contributed by atoms with Crippen molar-refractivity contribution in [2.45, 2.75) is 18.9 Å². The van der Waals surface area contributed by atoms with Crippen LogP contribution in [0.1, 0.15) is 18.9 Å². The van der Waals surface area contributed by atoms with Crippen LogP contribution < -0.4 is 4.74 Å². The Hall–Kier alpha value is -2.79. The maximum absolute atomic E-state index is 12.3. The zero-order valence-electron chi connectivity index (χ0n) is 15.5. The van der Waals surface area contributed by atoms with E-state index in [2.05, 4.69) is 6.58 Å². The molecule has 0 radical (unpaired) electrons. The van der Waals surface area contributed by atoms with Crippen molar-refractivity contribution in [2.75, 3.05) is 21.3 Å². The monoisotopic (exact) mass is 356 g/mol. The smallest absolute Gasteiger partial charge is 0.185 e. The molecule has 1 N–H and O–H groups in total. The highest BCUT2D eigenvalue weighted by Gasteiger charge is 2.40. The van der Waals surface area contributed by atoms with Gasteiger partial charge in [0.05, 0.1) is 14.2 Å². The van der Waals surface area contributed by atoms with E-state index < -0.39 is 5.60 Å². The number of phenols is 1. The summed E-state index contributed by atoms with van der Waals surface area (Å²) in [6, 6.07) is 5.05. The molecular weight excluding hydrogens is 332 g/mol. The third-order valence-corrected chi connectivity index (χ3v) is 4.40. The Labute approximate surface area is 153 Å². The Morgan fingerprint density at radius 1 is 1.27 bits per heavy atom. The minimum atomic E-state index is -0.994. The second kappa shape index (κ2) is 8.06. The maximum Gasteiger partial charge on any atom is 0.185 e. The largest absolute Gasteiger partial charge is 0.504 e. The molecule has 1 aromatic carbocycles. The molecular formula is C21H24O5. The number of hydrogen-bond donors (Lipinski definition) is 1. The van der Waals surface area contributed by atoms with Crippen molar-refractivity contribution >= 4 is 11.9 Å². The Bertz CT molecular complexity index is 801. The van der Waals surface area contributed by atoms with Gasteiger partial charge in [0.25, 0.3) is 0 Å². The molecule has 1 aromatic rings. The lowest BCUT2D eigenvalue weighted by Gasteiger charge is -2.35. The molecule has 0 bridgehead atoms. The Morgan fingerprint density at radius 2 is 2.00 bits per heavy atom. The number of phenolic OH excluding ortho intramolecular Hbond substituents is 1. The normalized spacial score (nSPS) is 20.3. The minimum absolute atomic E-state index is 0.0673. The number of carbonyl (C=O) groups excluding carboxylic acids is 1. The van der Waals surface area contributed by atoms with Crippen molar-refractivity contribution in [1.29, 1.82) is 0 Å². The third kappa shape index (κ3) is 3.58. The van der Waals surface area contributed by atoms with Crippen molar-refractivity contribution < 1.29 is 24.1 Å². The molecule has 0 amide bonds. The number of ketones is 1. The molecule has 5 nitrogen and oxygen atoms in total. The first kappa shape index (κ1) is 19.5. The van der Waals surface area contributed by atoms with Crippen molar-refractivity contribution in [1.82, 2.24) is 0 Å². The quantitative estimate of drug-likeness (QED) is 0.753. The van der Waals surface area contributed by atoms with E-state index in [-0.39, 0.29) is 11.5 Å². The first-order valence-corrected chi connectivity index (χ1v) is 8.15. The van der Waals surface area contributed by atoms with Gasteiger partial charge in [0, 0.05) is 18.8 Å². The van der Waals surface area contributed by atoms with Crippen LogP contribution in [-0.4, -0.2) is 37.8 Å². The van der Waals surface area contributed by atoms with Crippen LogP contribution in [0.5, 0.6) is 11.5 Å². The molecule has 1 atom stereocenters. The molecule has 0 saturated heterocycles. The molecule has 0 spiro atoms. The van der Waals surface area contributed by atoms with Crippen LogP contribution in [-0.2, 0) is 14.3 Å². The summed E-state index contributed by atoms with van der Waals surface area (Å²) in [5.41, 5.74) is 1.24. The summed E-state index contributed by atoms with van der Waals surface area (Å²) < 4.78 is 16.4. The number of benzene rings is 1. The first-order chi connectivity index (χ1) is 12.4. The minimum Gasteiger partial charge on any atom is -0.504 e. The van der Waals surface area contributed by atoms with Crippen LogP contribution >= 0.6 is 0 Å². The lowest BCUT2D eigenvalue weighted by atomic mass is 9.82. The Balaban J connectivity index is 2.56. The van der Waals surface area contributed by atoms with E-state index in [9.17, 15) is 9.90 Å². The van der Waals surface area contributed by atoms with Gasteiger partial charge < -0.3 is 19.3 Å². The molecule has 1 aliphatic rings. The Morgan fingerprint density at radius 3 is 2.58 bits per heavy atom. The molecule has 0 fully saturated rings. The fourth-order valence-electron chi connectivity index (χ4n) is 3.00. The molecule has 0 saturated carbocycles. The molecule has 138 valence electrons. The van der Waals surface area contributed by atoms with Crippen LogP contribution in [0, 0.1) is 0 Å². The van der Waals surface area contributed by atoms with Crippen molar-refractivity contribution in [3.63, 3.8) is 0 Å². The van der Waals surface area contributed by atoms with Gasteiger partial charge in [-0.2, -0.15) is 0 Å². The molecule has 0 heterocycles. The van der Waals surface area contributed by atoms with E-state index in [0.717, 1.165) is 11.1 Å². The molecule has 0 aromatic heterocycles. The van der Waals surface area contributed by atoms with Crippen molar-refractivity contribution in [2.24, 2.45) is 0 Å². The lowest BCUT2D eigenvalue weighted by molar-refractivity contribution is -0.112. The number of allylic oxidation sites excluding steroid dienone is 3. The average molecular weight is 356 g/mol. The summed E-state index contributed by atoms with van der Waals surface area (Å²) in [7, 11) is 4.57. The number of rotatable bonds is 7. The highest BCUT2D eigenvalue weighted by atomic mass is 16.5. The van der Waals surface area contributed by atoms with Crippen LogP contribution in [0.4, 0.5) is 0 Å². The van der Waals surface area contributed by atoms with Crippen LogP contribution in [0.2, 0.25) is 0 Å². The SMILES string of the molecule is C=CCC1=C[C@](OC)(/C(C)=C/c2ccc(O)c(OC)c2)C(OC)=CC1=O. The predicted octanol–water partition coefficient (Wildman–Crippen LogP) is 3.80. The summed E-state index contributed by atoms with van der Waals surface area (Å²) in [6.07, 6.45) is 7.25. The summed E-state index contributed by atoms with van der Waals surface area (Å²) in [5, 5.41) is 9.76. The van der Waals surface area contributed by atoms with Crippen LogP contribution in [0.25, 0.3) is 6.08 Å². The van der Waals surface area contributed by atoms with Gasteiger partial charge in [0.15, 0.2) is 22.9 Å². The van der Waals surface area contributed by atoms with E-state index in [1.807, 2.05) is 13.0 Å². The topological polar surface area (TPSA) is 65.0 Å². The number of ether oxygens (including phenoxy) is 3. The van der Waals surface area contributed by atoms with Crippen LogP contribution in [0.3, 0.4) is 0 Å². The first-order valence-electron chi connectivity index (χ1n) is 8.15. The van der Waals surface area contributed by atoms with Gasteiger partial charge in [0.2, 0.25) is 0 Å². The van der Waals surface area contributed by atoms with Gasteiger partial charge in [-0.15, -0.1) is 6.58 Å². The van der Waals surface area contributed by atoms with E-state index in [1.165, 1.54) is 20.3 Å². The standard InChI is InChI=1S/C21H24O5/c1-6-7-16-13-21(26-5,20(25-4)12-18(16)23)14(2)10-15-8-9-17(22)19(11-15)24-3/h6,8-13,22H,1,7H2,2-5H3/b14-10+/t21-/m0/s1. The molecule has 2 rings (SSSR count). The summed E-state index contributed by atoms with van der Waals surface area (Å²) in [4.78, 5) is 12.3. The van der Waals surface area contributed by atoms with E-state index in [4.69, 9.17) is 14.2 Å². The molecule has 1 aliphatic carbocycles. The van der Waals surface area contributed by atoms with E-state index in [0.29, 0.717) is 23.5 Å². The zero-order valence-corrected chi connectivity index (χ0v) is 15.5. The number of methoxy groups -OCH3 is 3.